The van der Waals surface area contributed by atoms with Crippen LogP contribution in [0.4, 0.5) is 0 Å². The molecule has 0 bridgehead atoms. The lowest BCUT2D eigenvalue weighted by molar-refractivity contribution is -0.121. The smallest absolute Gasteiger partial charge is 0.242 e. The van der Waals surface area contributed by atoms with Crippen molar-refractivity contribution in [1.82, 2.24) is 9.62 Å². The third kappa shape index (κ3) is 5.72. The van der Waals surface area contributed by atoms with E-state index in [4.69, 9.17) is 0 Å². The second kappa shape index (κ2) is 9.05. The molecule has 7 heteroatoms. The Morgan fingerprint density at radius 2 is 1.96 bits per heavy atom. The molecule has 1 saturated carbocycles. The third-order valence-electron chi connectivity index (χ3n) is 4.50. The molecular formula is C18H28N2O3S2. The molecule has 25 heavy (non-hydrogen) atoms. The van der Waals surface area contributed by atoms with Crippen LogP contribution >= 0.6 is 11.8 Å². The fraction of sp³-hybridized carbons (Fsp3) is 0.611. The molecule has 0 radical (unpaired) electrons. The largest absolute Gasteiger partial charge is 0.352 e. The van der Waals surface area contributed by atoms with Gasteiger partial charge < -0.3 is 5.32 Å². The molecule has 1 fully saturated rings. The Morgan fingerprint density at radius 3 is 2.60 bits per heavy atom. The number of nitrogens with one attached hydrogen (secondary N) is 1. The number of rotatable bonds is 7. The van der Waals surface area contributed by atoms with E-state index in [1.54, 1.807) is 18.2 Å². The van der Waals surface area contributed by atoms with Crippen LogP contribution < -0.4 is 5.32 Å². The third-order valence-corrected chi connectivity index (χ3v) is 7.52. The highest BCUT2D eigenvalue weighted by molar-refractivity contribution is 7.99. The van der Waals surface area contributed by atoms with Gasteiger partial charge in [-0.15, -0.1) is 11.8 Å². The molecule has 5 nitrogen and oxygen atoms in total. The number of amides is 1. The number of carbonyl (C=O) groups is 1. The van der Waals surface area contributed by atoms with Gasteiger partial charge in [-0.05, 0) is 37.5 Å². The number of benzene rings is 1. The van der Waals surface area contributed by atoms with Crippen molar-refractivity contribution >= 4 is 27.7 Å². The number of carbonyl (C=O) groups excluding carboxylic acids is 1. The van der Waals surface area contributed by atoms with Crippen LogP contribution in [-0.4, -0.2) is 44.0 Å². The zero-order valence-corrected chi connectivity index (χ0v) is 16.8. The molecule has 1 aliphatic carbocycles. The number of sulfonamides is 1. The van der Waals surface area contributed by atoms with Crippen LogP contribution in [0.15, 0.2) is 29.2 Å². The van der Waals surface area contributed by atoms with E-state index >= 15 is 0 Å². The zero-order valence-electron chi connectivity index (χ0n) is 15.2. The van der Waals surface area contributed by atoms with Gasteiger partial charge in [0.2, 0.25) is 15.9 Å². The summed E-state index contributed by atoms with van der Waals surface area (Å²) < 4.78 is 25.6. The van der Waals surface area contributed by atoms with Gasteiger partial charge >= 0.3 is 0 Å². The lowest BCUT2D eigenvalue weighted by Gasteiger charge is -2.24. The van der Waals surface area contributed by atoms with Gasteiger partial charge in [-0.1, -0.05) is 31.4 Å². The van der Waals surface area contributed by atoms with Crippen molar-refractivity contribution < 1.29 is 13.2 Å². The Labute approximate surface area is 155 Å². The summed E-state index contributed by atoms with van der Waals surface area (Å²) in [6.07, 6.45) is 5.81. The van der Waals surface area contributed by atoms with Crippen LogP contribution in [0.25, 0.3) is 0 Å². The van der Waals surface area contributed by atoms with Crippen molar-refractivity contribution in [2.24, 2.45) is 0 Å². The van der Waals surface area contributed by atoms with Gasteiger partial charge in [0.25, 0.3) is 0 Å². The molecule has 0 unspecified atom stereocenters. The number of hydrogen-bond acceptors (Lipinski definition) is 4. The van der Waals surface area contributed by atoms with Gasteiger partial charge in [0.15, 0.2) is 0 Å². The van der Waals surface area contributed by atoms with E-state index in [-0.39, 0.29) is 16.1 Å². The topological polar surface area (TPSA) is 66.5 Å². The zero-order chi connectivity index (χ0) is 18.4. The van der Waals surface area contributed by atoms with Crippen LogP contribution in [0.2, 0.25) is 0 Å². The summed E-state index contributed by atoms with van der Waals surface area (Å²) in [5.74, 6) is 0.685. The Balaban J connectivity index is 1.91. The highest BCUT2D eigenvalue weighted by Crippen LogP contribution is 2.22. The SMILES string of the molecule is C[C@H](SCc1cccc(S(=O)(=O)N(C)C)c1)C(=O)NC1CCCCC1. The second-order valence-electron chi connectivity index (χ2n) is 6.73. The molecular weight excluding hydrogens is 356 g/mol. The van der Waals surface area contributed by atoms with Crippen molar-refractivity contribution in [3.8, 4) is 0 Å². The first-order valence-corrected chi connectivity index (χ1v) is 11.2. The maximum Gasteiger partial charge on any atom is 0.242 e. The van der Waals surface area contributed by atoms with Crippen LogP contribution in [0, 0.1) is 0 Å². The number of thioether (sulfide) groups is 1. The molecule has 1 N–H and O–H groups in total. The summed E-state index contributed by atoms with van der Waals surface area (Å²) in [5, 5.41) is 2.99. The lowest BCUT2D eigenvalue weighted by Crippen LogP contribution is -2.40. The molecule has 1 amide bonds. The molecule has 140 valence electrons. The van der Waals surface area contributed by atoms with E-state index in [0.29, 0.717) is 11.8 Å². The van der Waals surface area contributed by atoms with E-state index < -0.39 is 10.0 Å². The molecule has 0 heterocycles. The summed E-state index contributed by atoms with van der Waals surface area (Å²) >= 11 is 1.53. The van der Waals surface area contributed by atoms with Gasteiger partial charge in [-0.2, -0.15) is 0 Å². The lowest BCUT2D eigenvalue weighted by atomic mass is 9.95. The molecule has 2 rings (SSSR count). The van der Waals surface area contributed by atoms with E-state index in [2.05, 4.69) is 5.32 Å². The Morgan fingerprint density at radius 1 is 1.28 bits per heavy atom. The number of nitrogens with zero attached hydrogens (tertiary/aromatic N) is 1. The van der Waals surface area contributed by atoms with E-state index in [1.807, 2.05) is 13.0 Å². The Kier molecular flexibility index (Phi) is 7.34. The summed E-state index contributed by atoms with van der Waals surface area (Å²) in [4.78, 5) is 12.6. The summed E-state index contributed by atoms with van der Waals surface area (Å²) in [6, 6.07) is 7.25. The first kappa shape index (κ1) is 20.3. The average molecular weight is 385 g/mol. The minimum absolute atomic E-state index is 0.0777. The highest BCUT2D eigenvalue weighted by atomic mass is 32.2. The van der Waals surface area contributed by atoms with Crippen LogP contribution in [-0.2, 0) is 20.6 Å². The number of hydrogen-bond donors (Lipinski definition) is 1. The summed E-state index contributed by atoms with van der Waals surface area (Å²) in [5.41, 5.74) is 0.908. The fourth-order valence-electron chi connectivity index (χ4n) is 2.87. The quantitative estimate of drug-likeness (QED) is 0.785. The molecule has 1 aliphatic rings. The molecule has 1 aromatic rings. The van der Waals surface area contributed by atoms with E-state index in [1.165, 1.54) is 49.4 Å². The minimum atomic E-state index is -3.43. The van der Waals surface area contributed by atoms with Crippen LogP contribution in [0.5, 0.6) is 0 Å². The molecule has 0 aromatic heterocycles. The molecule has 1 aromatic carbocycles. The van der Waals surface area contributed by atoms with E-state index in [0.717, 1.165) is 18.4 Å². The first-order chi connectivity index (χ1) is 11.8. The maximum absolute atomic E-state index is 12.3. The Hall–Kier alpha value is -1.05. The molecule has 0 spiro atoms. The van der Waals surface area contributed by atoms with Gasteiger partial charge in [-0.25, -0.2) is 12.7 Å². The average Bonchev–Trinajstić information content (AvgIpc) is 2.60. The van der Waals surface area contributed by atoms with Crippen molar-refractivity contribution in [3.05, 3.63) is 29.8 Å². The molecule has 0 aliphatic heterocycles. The molecule has 1 atom stereocenters. The summed E-state index contributed by atoms with van der Waals surface area (Å²) in [6.45, 7) is 1.91. The van der Waals surface area contributed by atoms with Crippen molar-refractivity contribution in [1.29, 1.82) is 0 Å². The first-order valence-electron chi connectivity index (χ1n) is 8.74. The van der Waals surface area contributed by atoms with Gasteiger partial charge in [0, 0.05) is 25.9 Å². The van der Waals surface area contributed by atoms with Crippen LogP contribution in [0.1, 0.15) is 44.6 Å². The van der Waals surface area contributed by atoms with Crippen molar-refractivity contribution in [2.45, 2.75) is 61.0 Å². The van der Waals surface area contributed by atoms with Gasteiger partial charge in [0.05, 0.1) is 10.1 Å². The standard InChI is InChI=1S/C18H28N2O3S2/c1-14(18(21)19-16-9-5-4-6-10-16)24-13-15-8-7-11-17(12-15)25(22,23)20(2)3/h7-8,11-12,14,16H,4-6,9-10,13H2,1-3H3,(H,19,21)/t14-/m0/s1. The Bertz CT molecular complexity index is 683. The van der Waals surface area contributed by atoms with Crippen LogP contribution in [0.3, 0.4) is 0 Å². The maximum atomic E-state index is 12.3. The van der Waals surface area contributed by atoms with Gasteiger partial charge in [0.1, 0.15) is 0 Å². The summed E-state index contributed by atoms with van der Waals surface area (Å²) in [7, 11) is -0.384. The predicted molar refractivity (Wildman–Crippen MR) is 103 cm³/mol. The van der Waals surface area contributed by atoms with Crippen molar-refractivity contribution in [2.75, 3.05) is 14.1 Å². The fourth-order valence-corrected chi connectivity index (χ4v) is 4.68. The van der Waals surface area contributed by atoms with Crippen molar-refractivity contribution in [3.63, 3.8) is 0 Å². The normalized spacial score (nSPS) is 17.4. The van der Waals surface area contributed by atoms with E-state index in [9.17, 15) is 13.2 Å². The predicted octanol–water partition coefficient (Wildman–Crippen LogP) is 3.01. The molecule has 0 saturated heterocycles. The van der Waals surface area contributed by atoms with Gasteiger partial charge in [-0.3, -0.25) is 4.79 Å². The minimum Gasteiger partial charge on any atom is -0.352 e. The second-order valence-corrected chi connectivity index (χ2v) is 10.2. The highest BCUT2D eigenvalue weighted by Gasteiger charge is 2.21. The monoisotopic (exact) mass is 384 g/mol.